The molecule has 0 saturated carbocycles. The largest absolute Gasteiger partial charge is 0.354 e. The number of piperazine rings is 1. The molecule has 2 N–H and O–H groups in total. The first-order chi connectivity index (χ1) is 14.1. The van der Waals surface area contributed by atoms with E-state index in [0.29, 0.717) is 11.8 Å². The fourth-order valence-corrected chi connectivity index (χ4v) is 4.06. The molecule has 1 saturated heterocycles. The number of nitrogens with zero attached hydrogens (tertiary/aromatic N) is 4. The fourth-order valence-electron chi connectivity index (χ4n) is 4.06. The summed E-state index contributed by atoms with van der Waals surface area (Å²) >= 11 is 0. The Balaban J connectivity index is 1.52. The van der Waals surface area contributed by atoms with Crippen molar-refractivity contribution in [2.24, 2.45) is 0 Å². The molecule has 7 heteroatoms. The standard InChI is InChI=1S/C22H24N6O/c1-13-10-17(11-14(2)24-13)20-15(3)18-5-4-16(12-19(18)25-20)21-26-22(27-29-21)28-8-6-23-7-9-28/h4-5,10-12,23,25H,6-9H2,1-3H3. The average molecular weight is 388 g/mol. The summed E-state index contributed by atoms with van der Waals surface area (Å²) in [4.78, 5) is 14.8. The van der Waals surface area contributed by atoms with Crippen molar-refractivity contribution < 1.29 is 4.52 Å². The van der Waals surface area contributed by atoms with Crippen LogP contribution in [0.2, 0.25) is 0 Å². The van der Waals surface area contributed by atoms with E-state index in [2.05, 4.69) is 61.5 Å². The second-order valence-corrected chi connectivity index (χ2v) is 7.66. The minimum Gasteiger partial charge on any atom is -0.354 e. The lowest BCUT2D eigenvalue weighted by Gasteiger charge is -2.25. The molecular weight excluding hydrogens is 364 g/mol. The predicted molar refractivity (Wildman–Crippen MR) is 114 cm³/mol. The van der Waals surface area contributed by atoms with Crippen molar-refractivity contribution in [1.29, 1.82) is 0 Å². The van der Waals surface area contributed by atoms with Gasteiger partial charge in [-0.2, -0.15) is 4.98 Å². The Kier molecular flexibility index (Phi) is 4.32. The summed E-state index contributed by atoms with van der Waals surface area (Å²) in [5.74, 6) is 1.21. The van der Waals surface area contributed by atoms with Crippen LogP contribution in [-0.4, -0.2) is 46.3 Å². The highest BCUT2D eigenvalue weighted by atomic mass is 16.5. The highest BCUT2D eigenvalue weighted by molar-refractivity contribution is 5.92. The van der Waals surface area contributed by atoms with Crippen LogP contribution in [0.15, 0.2) is 34.9 Å². The normalized spacial score (nSPS) is 14.7. The van der Waals surface area contributed by atoms with Gasteiger partial charge in [0, 0.05) is 65.3 Å². The first-order valence-electron chi connectivity index (χ1n) is 9.96. The molecule has 29 heavy (non-hydrogen) atoms. The molecule has 0 aliphatic carbocycles. The first kappa shape index (κ1) is 17.9. The molecule has 1 aromatic carbocycles. The van der Waals surface area contributed by atoms with Crippen molar-refractivity contribution in [2.75, 3.05) is 31.1 Å². The van der Waals surface area contributed by atoms with E-state index in [-0.39, 0.29) is 0 Å². The van der Waals surface area contributed by atoms with Crippen molar-refractivity contribution in [3.05, 3.63) is 47.3 Å². The van der Waals surface area contributed by atoms with Crippen LogP contribution in [0.5, 0.6) is 0 Å². The molecule has 0 atom stereocenters. The van der Waals surface area contributed by atoms with E-state index in [1.165, 1.54) is 10.9 Å². The van der Waals surface area contributed by atoms with E-state index in [4.69, 9.17) is 4.52 Å². The molecule has 148 valence electrons. The van der Waals surface area contributed by atoms with Crippen molar-refractivity contribution in [3.8, 4) is 22.7 Å². The molecule has 0 bridgehead atoms. The fraction of sp³-hybridized carbons (Fsp3) is 0.318. The van der Waals surface area contributed by atoms with Gasteiger partial charge in [-0.3, -0.25) is 4.98 Å². The molecule has 0 unspecified atom stereocenters. The number of aryl methyl sites for hydroxylation is 3. The Morgan fingerprint density at radius 1 is 0.931 bits per heavy atom. The van der Waals surface area contributed by atoms with E-state index < -0.39 is 0 Å². The van der Waals surface area contributed by atoms with Gasteiger partial charge < -0.3 is 19.7 Å². The lowest BCUT2D eigenvalue weighted by atomic mass is 10.1. The van der Waals surface area contributed by atoms with Crippen LogP contribution >= 0.6 is 0 Å². The average Bonchev–Trinajstić information content (AvgIpc) is 3.33. The number of fused-ring (bicyclic) bond motifs is 1. The summed E-state index contributed by atoms with van der Waals surface area (Å²) in [6, 6.07) is 10.5. The second kappa shape index (κ2) is 7.00. The van der Waals surface area contributed by atoms with Gasteiger partial charge in [0.15, 0.2) is 0 Å². The van der Waals surface area contributed by atoms with E-state index >= 15 is 0 Å². The van der Waals surface area contributed by atoms with Crippen LogP contribution in [0.4, 0.5) is 5.95 Å². The zero-order valence-electron chi connectivity index (χ0n) is 16.9. The van der Waals surface area contributed by atoms with Crippen LogP contribution < -0.4 is 10.2 Å². The molecular formula is C22H24N6O. The maximum atomic E-state index is 5.56. The highest BCUT2D eigenvalue weighted by Crippen LogP contribution is 2.32. The number of nitrogens with one attached hydrogen (secondary N) is 2. The molecule has 7 nitrogen and oxygen atoms in total. The Morgan fingerprint density at radius 2 is 1.69 bits per heavy atom. The summed E-state index contributed by atoms with van der Waals surface area (Å²) < 4.78 is 5.56. The topological polar surface area (TPSA) is 82.9 Å². The Hall–Kier alpha value is -3.19. The zero-order valence-corrected chi connectivity index (χ0v) is 16.9. The monoisotopic (exact) mass is 388 g/mol. The van der Waals surface area contributed by atoms with Crippen molar-refractivity contribution >= 4 is 16.9 Å². The van der Waals surface area contributed by atoms with Gasteiger partial charge in [0.2, 0.25) is 0 Å². The molecule has 3 aromatic heterocycles. The third kappa shape index (κ3) is 3.27. The molecule has 0 spiro atoms. The van der Waals surface area contributed by atoms with Gasteiger partial charge in [0.1, 0.15) is 0 Å². The lowest BCUT2D eigenvalue weighted by Crippen LogP contribution is -2.44. The first-order valence-corrected chi connectivity index (χ1v) is 9.96. The van der Waals surface area contributed by atoms with Gasteiger partial charge in [0.05, 0.1) is 0 Å². The number of H-pyrrole nitrogens is 1. The molecule has 0 radical (unpaired) electrons. The van der Waals surface area contributed by atoms with E-state index in [1.54, 1.807) is 0 Å². The maximum Gasteiger partial charge on any atom is 0.266 e. The molecule has 1 fully saturated rings. The lowest BCUT2D eigenvalue weighted by molar-refractivity contribution is 0.427. The van der Waals surface area contributed by atoms with Gasteiger partial charge in [-0.05, 0) is 55.8 Å². The highest BCUT2D eigenvalue weighted by Gasteiger charge is 2.18. The van der Waals surface area contributed by atoms with Gasteiger partial charge in [-0.15, -0.1) is 0 Å². The van der Waals surface area contributed by atoms with E-state index in [9.17, 15) is 0 Å². The molecule has 4 heterocycles. The van der Waals surface area contributed by atoms with Crippen LogP contribution in [0.1, 0.15) is 17.0 Å². The van der Waals surface area contributed by atoms with E-state index in [1.807, 2.05) is 19.9 Å². The number of aromatic nitrogens is 4. The third-order valence-corrected chi connectivity index (χ3v) is 5.49. The minimum atomic E-state index is 0.546. The Bertz CT molecular complexity index is 1170. The van der Waals surface area contributed by atoms with Crippen LogP contribution in [0.3, 0.4) is 0 Å². The predicted octanol–water partition coefficient (Wildman–Crippen LogP) is 3.61. The summed E-state index contributed by atoms with van der Waals surface area (Å²) in [7, 11) is 0. The van der Waals surface area contributed by atoms with Crippen LogP contribution in [0, 0.1) is 20.8 Å². The van der Waals surface area contributed by atoms with Gasteiger partial charge in [0.25, 0.3) is 11.8 Å². The number of pyridine rings is 1. The molecule has 1 aliphatic heterocycles. The summed E-state index contributed by atoms with van der Waals surface area (Å²) in [6.45, 7) is 9.86. The number of hydrogen-bond acceptors (Lipinski definition) is 6. The minimum absolute atomic E-state index is 0.546. The van der Waals surface area contributed by atoms with Gasteiger partial charge in [-0.25, -0.2) is 0 Å². The summed E-state index contributed by atoms with van der Waals surface area (Å²) in [5.41, 5.74) is 7.52. The van der Waals surface area contributed by atoms with Crippen LogP contribution in [0.25, 0.3) is 33.6 Å². The number of rotatable bonds is 3. The Labute approximate surface area is 169 Å². The van der Waals surface area contributed by atoms with Gasteiger partial charge in [-0.1, -0.05) is 6.07 Å². The quantitative estimate of drug-likeness (QED) is 0.558. The third-order valence-electron chi connectivity index (χ3n) is 5.49. The number of anilines is 1. The second-order valence-electron chi connectivity index (χ2n) is 7.66. The smallest absolute Gasteiger partial charge is 0.266 e. The number of aromatic amines is 1. The number of hydrogen-bond donors (Lipinski definition) is 2. The molecule has 5 rings (SSSR count). The van der Waals surface area contributed by atoms with Crippen molar-refractivity contribution in [3.63, 3.8) is 0 Å². The number of benzene rings is 1. The van der Waals surface area contributed by atoms with Crippen molar-refractivity contribution in [2.45, 2.75) is 20.8 Å². The Morgan fingerprint density at radius 3 is 2.45 bits per heavy atom. The van der Waals surface area contributed by atoms with Crippen molar-refractivity contribution in [1.82, 2.24) is 25.4 Å². The maximum absolute atomic E-state index is 5.56. The van der Waals surface area contributed by atoms with E-state index in [0.717, 1.165) is 59.9 Å². The van der Waals surface area contributed by atoms with Gasteiger partial charge >= 0.3 is 0 Å². The summed E-state index contributed by atoms with van der Waals surface area (Å²) in [5, 5.41) is 8.71. The molecule has 0 amide bonds. The van der Waals surface area contributed by atoms with Crippen LogP contribution in [-0.2, 0) is 0 Å². The SMILES string of the molecule is Cc1cc(-c2[nH]c3cc(-c4nc(N5CCNCC5)no4)ccc3c2C)cc(C)n1. The zero-order chi connectivity index (χ0) is 20.0. The molecule has 1 aliphatic rings. The summed E-state index contributed by atoms with van der Waals surface area (Å²) in [6.07, 6.45) is 0. The molecule has 4 aromatic rings.